The third kappa shape index (κ3) is 2.04. The first-order chi connectivity index (χ1) is 11.8. The van der Waals surface area contributed by atoms with Gasteiger partial charge in [-0.15, -0.1) is 0 Å². The summed E-state index contributed by atoms with van der Waals surface area (Å²) in [6.45, 7) is 4.53. The van der Waals surface area contributed by atoms with E-state index in [1.54, 1.807) is 0 Å². The van der Waals surface area contributed by atoms with Gasteiger partial charge in [-0.3, -0.25) is 0 Å². The molecule has 3 nitrogen and oxygen atoms in total. The molecule has 0 aliphatic rings. The lowest BCUT2D eigenvalue weighted by Gasteiger charge is -2.11. The zero-order valence-electron chi connectivity index (χ0n) is 14.7. The van der Waals surface area contributed by atoms with Crippen LogP contribution in [0.15, 0.2) is 42.6 Å². The van der Waals surface area contributed by atoms with Crippen LogP contribution in [0.5, 0.6) is 0 Å². The van der Waals surface area contributed by atoms with Crippen molar-refractivity contribution >= 4 is 27.7 Å². The molecule has 0 N–H and O–H groups in total. The number of pyridine rings is 2. The van der Waals surface area contributed by atoms with Crippen molar-refractivity contribution in [3.05, 3.63) is 53.7 Å². The van der Waals surface area contributed by atoms with Crippen molar-refractivity contribution in [3.8, 4) is 0 Å². The van der Waals surface area contributed by atoms with Gasteiger partial charge in [0.25, 0.3) is 5.65 Å². The third-order valence-electron chi connectivity index (χ3n) is 4.97. The van der Waals surface area contributed by atoms with Crippen LogP contribution in [-0.2, 0) is 19.9 Å². The van der Waals surface area contributed by atoms with E-state index in [4.69, 9.17) is 4.98 Å². The second-order valence-corrected chi connectivity index (χ2v) is 6.54. The first-order valence-corrected chi connectivity index (χ1v) is 8.95. The Bertz CT molecular complexity index is 1040. The monoisotopic (exact) mass is 318 g/mol. The summed E-state index contributed by atoms with van der Waals surface area (Å²) in [4.78, 5) is 4.77. The highest BCUT2D eigenvalue weighted by Crippen LogP contribution is 2.29. The van der Waals surface area contributed by atoms with Gasteiger partial charge in [0.15, 0.2) is 11.0 Å². The van der Waals surface area contributed by atoms with Gasteiger partial charge in [-0.1, -0.05) is 38.8 Å². The summed E-state index contributed by atoms with van der Waals surface area (Å²) >= 11 is 0. The summed E-state index contributed by atoms with van der Waals surface area (Å²) in [5, 5.41) is 1.30. The number of hydrogen-bond donors (Lipinski definition) is 0. The molecule has 4 rings (SSSR count). The molecule has 122 valence electrons. The van der Waals surface area contributed by atoms with E-state index in [0.29, 0.717) is 0 Å². The molecule has 0 atom stereocenters. The Hall–Kier alpha value is -2.42. The van der Waals surface area contributed by atoms with E-state index in [2.05, 4.69) is 66.3 Å². The number of fused-ring (bicyclic) bond motifs is 5. The van der Waals surface area contributed by atoms with Crippen LogP contribution >= 0.6 is 0 Å². The molecule has 0 radical (unpaired) electrons. The van der Waals surface area contributed by atoms with Gasteiger partial charge in [-0.2, -0.15) is 4.40 Å². The van der Waals surface area contributed by atoms with Crippen molar-refractivity contribution in [1.82, 2.24) is 9.38 Å². The van der Waals surface area contributed by atoms with Gasteiger partial charge in [0.1, 0.15) is 0 Å². The van der Waals surface area contributed by atoms with Crippen LogP contribution in [0.2, 0.25) is 0 Å². The highest BCUT2D eigenvalue weighted by atomic mass is 15.1. The number of para-hydroxylation sites is 2. The predicted octanol–water partition coefficient (Wildman–Crippen LogP) is 4.37. The number of rotatable bonds is 4. The number of aromatic nitrogens is 3. The lowest BCUT2D eigenvalue weighted by molar-refractivity contribution is -0.618. The zero-order chi connectivity index (χ0) is 16.7. The molecule has 1 aromatic carbocycles. The molecule has 0 bridgehead atoms. The number of benzene rings is 1. The Morgan fingerprint density at radius 2 is 1.71 bits per heavy atom. The maximum absolute atomic E-state index is 4.77. The minimum atomic E-state index is 1.08. The summed E-state index contributed by atoms with van der Waals surface area (Å²) in [6, 6.07) is 12.9. The average molecular weight is 318 g/mol. The Balaban J connectivity index is 2.31. The van der Waals surface area contributed by atoms with Crippen LogP contribution < -0.4 is 4.57 Å². The minimum absolute atomic E-state index is 1.08. The maximum atomic E-state index is 4.77. The summed E-state index contributed by atoms with van der Waals surface area (Å²) in [6.07, 6.45) is 6.43. The molecule has 4 aromatic rings. The molecule has 0 aliphatic heterocycles. The fourth-order valence-corrected chi connectivity index (χ4v) is 4.02. The fourth-order valence-electron chi connectivity index (χ4n) is 4.02. The van der Waals surface area contributed by atoms with Crippen molar-refractivity contribution in [2.24, 2.45) is 7.05 Å². The first-order valence-electron chi connectivity index (χ1n) is 8.95. The Kier molecular flexibility index (Phi) is 3.72. The molecular weight excluding hydrogens is 294 g/mol. The van der Waals surface area contributed by atoms with Crippen LogP contribution in [0, 0.1) is 0 Å². The Morgan fingerprint density at radius 3 is 2.50 bits per heavy atom. The second-order valence-electron chi connectivity index (χ2n) is 6.54. The quantitative estimate of drug-likeness (QED) is 0.512. The van der Waals surface area contributed by atoms with E-state index < -0.39 is 0 Å². The van der Waals surface area contributed by atoms with Gasteiger partial charge >= 0.3 is 0 Å². The summed E-state index contributed by atoms with van der Waals surface area (Å²) in [5.74, 6) is 0. The van der Waals surface area contributed by atoms with Crippen LogP contribution in [-0.4, -0.2) is 9.38 Å². The molecule has 24 heavy (non-hydrogen) atoms. The summed E-state index contributed by atoms with van der Waals surface area (Å²) in [5.41, 5.74) is 7.83. The molecule has 0 amide bonds. The normalized spacial score (nSPS) is 11.8. The van der Waals surface area contributed by atoms with Gasteiger partial charge in [0, 0.05) is 17.1 Å². The third-order valence-corrected chi connectivity index (χ3v) is 4.97. The first kappa shape index (κ1) is 15.1. The van der Waals surface area contributed by atoms with E-state index in [1.807, 2.05) is 6.20 Å². The van der Waals surface area contributed by atoms with Crippen LogP contribution in [0.3, 0.4) is 0 Å². The molecule has 0 unspecified atom stereocenters. The molecule has 3 heterocycles. The molecule has 0 aliphatic carbocycles. The molecule has 0 spiro atoms. The van der Waals surface area contributed by atoms with Gasteiger partial charge in [-0.05, 0) is 42.7 Å². The standard InChI is InChI=1S/C21H24N3/c1-4-9-15-16-11-8-14-22-20(16)24-19-13-7-6-12-18(19)23(3)21(24)17(15)10-5-2/h6-8,11-14H,4-5,9-10H2,1-3H3/q+1. The smallest absolute Gasteiger partial charge is 0.225 e. The van der Waals surface area contributed by atoms with Gasteiger partial charge < -0.3 is 0 Å². The maximum Gasteiger partial charge on any atom is 0.292 e. The highest BCUT2D eigenvalue weighted by molar-refractivity contribution is 5.90. The van der Waals surface area contributed by atoms with Crippen molar-refractivity contribution in [2.75, 3.05) is 0 Å². The molecule has 3 heteroatoms. The topological polar surface area (TPSA) is 21.2 Å². The number of hydrogen-bond acceptors (Lipinski definition) is 1. The van der Waals surface area contributed by atoms with E-state index in [0.717, 1.165) is 31.3 Å². The van der Waals surface area contributed by atoms with Crippen LogP contribution in [0.25, 0.3) is 27.7 Å². The van der Waals surface area contributed by atoms with Gasteiger partial charge in [-0.25, -0.2) is 9.55 Å². The van der Waals surface area contributed by atoms with Crippen LogP contribution in [0.4, 0.5) is 0 Å². The van der Waals surface area contributed by atoms with Crippen molar-refractivity contribution in [2.45, 2.75) is 39.5 Å². The van der Waals surface area contributed by atoms with Crippen molar-refractivity contribution < 1.29 is 4.57 Å². The number of aryl methyl sites for hydroxylation is 3. The fraction of sp³-hybridized carbons (Fsp3) is 0.333. The van der Waals surface area contributed by atoms with Gasteiger partial charge in [0.05, 0.1) is 7.05 Å². The van der Waals surface area contributed by atoms with E-state index in [1.165, 1.54) is 33.2 Å². The predicted molar refractivity (Wildman–Crippen MR) is 99.4 cm³/mol. The number of nitrogens with zero attached hydrogens (tertiary/aromatic N) is 3. The van der Waals surface area contributed by atoms with Gasteiger partial charge in [0.2, 0.25) is 5.65 Å². The Morgan fingerprint density at radius 1 is 0.958 bits per heavy atom. The average Bonchev–Trinajstić information content (AvgIpc) is 2.91. The van der Waals surface area contributed by atoms with E-state index in [-0.39, 0.29) is 0 Å². The lowest BCUT2D eigenvalue weighted by atomic mass is 9.97. The molecule has 0 fully saturated rings. The Labute approximate surface area is 142 Å². The summed E-state index contributed by atoms with van der Waals surface area (Å²) < 4.78 is 4.70. The SMILES string of the molecule is CCCc1c(CCC)c2n(c3ccccc3[n+]2C)c2ncccc12. The number of imidazole rings is 1. The van der Waals surface area contributed by atoms with Crippen molar-refractivity contribution in [3.63, 3.8) is 0 Å². The molecular formula is C21H24N3+. The molecule has 3 aromatic heterocycles. The van der Waals surface area contributed by atoms with E-state index >= 15 is 0 Å². The van der Waals surface area contributed by atoms with E-state index in [9.17, 15) is 0 Å². The minimum Gasteiger partial charge on any atom is -0.225 e. The summed E-state index contributed by atoms with van der Waals surface area (Å²) in [7, 11) is 2.18. The molecule has 0 saturated carbocycles. The lowest BCUT2D eigenvalue weighted by Crippen LogP contribution is -2.29. The highest BCUT2D eigenvalue weighted by Gasteiger charge is 2.26. The van der Waals surface area contributed by atoms with Crippen molar-refractivity contribution in [1.29, 1.82) is 0 Å². The largest absolute Gasteiger partial charge is 0.292 e. The second kappa shape index (κ2) is 5.90. The van der Waals surface area contributed by atoms with Crippen LogP contribution in [0.1, 0.15) is 37.8 Å². The zero-order valence-corrected chi connectivity index (χ0v) is 14.7. The molecule has 0 saturated heterocycles.